The first-order valence-corrected chi connectivity index (χ1v) is 3.43. The molecule has 1 atom stereocenters. The third-order valence-electron chi connectivity index (χ3n) is 1.55. The Kier molecular flexibility index (Phi) is 2.40. The molecule has 0 heterocycles. The van der Waals surface area contributed by atoms with E-state index in [0.717, 1.165) is 0 Å². The number of hydrogen-bond donors (Lipinski definition) is 1. The van der Waals surface area contributed by atoms with Gasteiger partial charge in [0.2, 0.25) is 0 Å². The van der Waals surface area contributed by atoms with Crippen molar-refractivity contribution in [2.24, 2.45) is 5.73 Å². The second-order valence-electron chi connectivity index (χ2n) is 2.35. The summed E-state index contributed by atoms with van der Waals surface area (Å²) in [5.41, 5.74) is 5.38. The Morgan fingerprint density at radius 1 is 1.67 bits per heavy atom. The fourth-order valence-corrected chi connectivity index (χ4v) is 0.899. The maximum absolute atomic E-state index is 11.2. The highest BCUT2D eigenvalue weighted by Crippen LogP contribution is 2.08. The van der Waals surface area contributed by atoms with Gasteiger partial charge in [-0.05, 0) is 6.08 Å². The second kappa shape index (κ2) is 3.32. The first-order chi connectivity index (χ1) is 5.66. The highest BCUT2D eigenvalue weighted by molar-refractivity contribution is 6.20. The van der Waals surface area contributed by atoms with Crippen LogP contribution in [0.2, 0.25) is 0 Å². The smallest absolute Gasteiger partial charge is 0.341 e. The van der Waals surface area contributed by atoms with E-state index in [0.29, 0.717) is 0 Å². The lowest BCUT2D eigenvalue weighted by Gasteiger charge is -2.10. The van der Waals surface area contributed by atoms with Crippen molar-refractivity contribution >= 4 is 11.8 Å². The quantitative estimate of drug-likeness (QED) is 0.424. The number of carbonyl (C=O) groups excluding carboxylic acids is 2. The van der Waals surface area contributed by atoms with Crippen molar-refractivity contribution in [3.63, 3.8) is 0 Å². The summed E-state index contributed by atoms with van der Waals surface area (Å²) in [4.78, 5) is 22.1. The molecule has 0 saturated carbocycles. The number of rotatable bonds is 1. The zero-order valence-corrected chi connectivity index (χ0v) is 6.61. The number of ketones is 1. The van der Waals surface area contributed by atoms with Crippen LogP contribution in [-0.2, 0) is 14.3 Å². The standard InChI is InChI=1S/C8H9NO3/c1-12-8(11)5-3-2-4-6(9)7(5)10/h2-4,6H,9H2,1H3. The normalized spacial score (nSPS) is 22.0. The van der Waals surface area contributed by atoms with Gasteiger partial charge in [0.25, 0.3) is 0 Å². The van der Waals surface area contributed by atoms with E-state index in [9.17, 15) is 9.59 Å². The minimum Gasteiger partial charge on any atom is -0.465 e. The highest BCUT2D eigenvalue weighted by Gasteiger charge is 2.24. The Balaban J connectivity index is 2.90. The molecule has 0 aromatic rings. The van der Waals surface area contributed by atoms with Gasteiger partial charge < -0.3 is 10.5 Å². The summed E-state index contributed by atoms with van der Waals surface area (Å²) < 4.78 is 4.39. The Morgan fingerprint density at radius 2 is 2.33 bits per heavy atom. The van der Waals surface area contributed by atoms with Gasteiger partial charge in [0.05, 0.1) is 13.2 Å². The van der Waals surface area contributed by atoms with E-state index < -0.39 is 17.8 Å². The van der Waals surface area contributed by atoms with E-state index in [1.165, 1.54) is 19.3 Å². The topological polar surface area (TPSA) is 69.4 Å². The maximum atomic E-state index is 11.2. The molecule has 1 rings (SSSR count). The molecule has 0 saturated heterocycles. The third-order valence-corrected chi connectivity index (χ3v) is 1.55. The van der Waals surface area contributed by atoms with Crippen LogP contribution in [0.25, 0.3) is 0 Å². The highest BCUT2D eigenvalue weighted by atomic mass is 16.5. The molecule has 0 radical (unpaired) electrons. The zero-order valence-electron chi connectivity index (χ0n) is 6.61. The molecular weight excluding hydrogens is 158 g/mol. The minimum absolute atomic E-state index is 0.00694. The van der Waals surface area contributed by atoms with Crippen LogP contribution in [0.5, 0.6) is 0 Å². The van der Waals surface area contributed by atoms with Gasteiger partial charge in [0, 0.05) is 0 Å². The molecule has 0 spiro atoms. The summed E-state index contributed by atoms with van der Waals surface area (Å²) in [5, 5.41) is 0. The van der Waals surface area contributed by atoms with Crippen LogP contribution in [0.1, 0.15) is 0 Å². The van der Waals surface area contributed by atoms with E-state index in [2.05, 4.69) is 4.74 Å². The van der Waals surface area contributed by atoms with Crippen molar-refractivity contribution < 1.29 is 14.3 Å². The average molecular weight is 167 g/mol. The Hall–Kier alpha value is -1.42. The second-order valence-corrected chi connectivity index (χ2v) is 2.35. The maximum Gasteiger partial charge on any atom is 0.341 e. The van der Waals surface area contributed by atoms with Crippen LogP contribution in [-0.4, -0.2) is 24.9 Å². The summed E-state index contributed by atoms with van der Waals surface area (Å²) in [6.45, 7) is 0. The van der Waals surface area contributed by atoms with E-state index in [1.54, 1.807) is 6.08 Å². The van der Waals surface area contributed by atoms with Gasteiger partial charge in [-0.15, -0.1) is 0 Å². The van der Waals surface area contributed by atoms with Crippen LogP contribution >= 0.6 is 0 Å². The summed E-state index contributed by atoms with van der Waals surface area (Å²) in [6, 6.07) is -0.718. The molecule has 1 aliphatic carbocycles. The summed E-state index contributed by atoms with van der Waals surface area (Å²) in [5.74, 6) is -1.04. The van der Waals surface area contributed by atoms with E-state index >= 15 is 0 Å². The zero-order chi connectivity index (χ0) is 9.14. The first kappa shape index (κ1) is 8.67. The van der Waals surface area contributed by atoms with Crippen molar-refractivity contribution in [1.29, 1.82) is 0 Å². The molecule has 1 unspecified atom stereocenters. The number of methoxy groups -OCH3 is 1. The van der Waals surface area contributed by atoms with Gasteiger partial charge in [0.1, 0.15) is 5.57 Å². The SMILES string of the molecule is COC(=O)C1=CC=CC(N)C1=O. The lowest BCUT2D eigenvalue weighted by molar-refractivity contribution is -0.137. The monoisotopic (exact) mass is 167 g/mol. The van der Waals surface area contributed by atoms with Crippen LogP contribution in [0, 0.1) is 0 Å². The number of hydrogen-bond acceptors (Lipinski definition) is 4. The Morgan fingerprint density at radius 3 is 2.92 bits per heavy atom. The largest absolute Gasteiger partial charge is 0.465 e. The van der Waals surface area contributed by atoms with Crippen molar-refractivity contribution in [2.75, 3.05) is 7.11 Å². The molecule has 0 aliphatic heterocycles. The number of Topliss-reactive ketones (excluding diaryl/α,β-unsaturated/α-hetero) is 1. The molecule has 64 valence electrons. The van der Waals surface area contributed by atoms with Crippen molar-refractivity contribution in [2.45, 2.75) is 6.04 Å². The summed E-state index contributed by atoms with van der Waals surface area (Å²) in [6.07, 6.45) is 4.49. The van der Waals surface area contributed by atoms with Crippen LogP contribution < -0.4 is 5.73 Å². The predicted octanol–water partition coefficient (Wildman–Crippen LogP) is -0.448. The molecule has 4 heteroatoms. The van der Waals surface area contributed by atoms with Crippen molar-refractivity contribution in [3.05, 3.63) is 23.8 Å². The molecule has 1 aliphatic rings. The van der Waals surface area contributed by atoms with Crippen molar-refractivity contribution in [3.8, 4) is 0 Å². The van der Waals surface area contributed by atoms with Gasteiger partial charge in [-0.2, -0.15) is 0 Å². The number of carbonyl (C=O) groups is 2. The predicted molar refractivity (Wildman–Crippen MR) is 42.2 cm³/mol. The fourth-order valence-electron chi connectivity index (χ4n) is 0.899. The molecule has 0 amide bonds. The van der Waals surface area contributed by atoms with Crippen LogP contribution in [0.3, 0.4) is 0 Å². The first-order valence-electron chi connectivity index (χ1n) is 3.43. The lowest BCUT2D eigenvalue weighted by atomic mass is 10.00. The molecule has 0 bridgehead atoms. The van der Waals surface area contributed by atoms with E-state index in [1.807, 2.05) is 0 Å². The average Bonchev–Trinajstić information content (AvgIpc) is 2.08. The third kappa shape index (κ3) is 1.43. The Labute approximate surface area is 69.7 Å². The molecule has 2 N–H and O–H groups in total. The van der Waals surface area contributed by atoms with Gasteiger partial charge in [-0.1, -0.05) is 12.2 Å². The van der Waals surface area contributed by atoms with Gasteiger partial charge >= 0.3 is 5.97 Å². The number of esters is 1. The molecule has 4 nitrogen and oxygen atoms in total. The summed E-state index contributed by atoms with van der Waals surface area (Å²) in [7, 11) is 1.22. The van der Waals surface area contributed by atoms with E-state index in [-0.39, 0.29) is 5.57 Å². The van der Waals surface area contributed by atoms with Gasteiger partial charge in [-0.3, -0.25) is 4.79 Å². The van der Waals surface area contributed by atoms with Gasteiger partial charge in [0.15, 0.2) is 5.78 Å². The van der Waals surface area contributed by atoms with Crippen molar-refractivity contribution in [1.82, 2.24) is 0 Å². The number of allylic oxidation sites excluding steroid dienone is 2. The lowest BCUT2D eigenvalue weighted by Crippen LogP contribution is -2.33. The fraction of sp³-hybridized carbons (Fsp3) is 0.250. The Bertz CT molecular complexity index is 278. The number of nitrogens with two attached hydrogens (primary N) is 1. The summed E-state index contributed by atoms with van der Waals surface area (Å²) >= 11 is 0. The van der Waals surface area contributed by atoms with Crippen LogP contribution in [0.15, 0.2) is 23.8 Å². The molecule has 0 aromatic heterocycles. The van der Waals surface area contributed by atoms with E-state index in [4.69, 9.17) is 5.73 Å². The molecule has 0 aromatic carbocycles. The minimum atomic E-state index is -0.718. The molecule has 0 fully saturated rings. The molecular formula is C8H9NO3. The molecule has 12 heavy (non-hydrogen) atoms. The number of ether oxygens (including phenoxy) is 1. The van der Waals surface area contributed by atoms with Gasteiger partial charge in [-0.25, -0.2) is 4.79 Å². The van der Waals surface area contributed by atoms with Crippen LogP contribution in [0.4, 0.5) is 0 Å².